The number of benzene rings is 1. The summed E-state index contributed by atoms with van der Waals surface area (Å²) in [5.74, 6) is 1.56. The van der Waals surface area contributed by atoms with E-state index in [0.29, 0.717) is 23.2 Å². The fourth-order valence-electron chi connectivity index (χ4n) is 2.45. The van der Waals surface area contributed by atoms with Crippen LogP contribution >= 0.6 is 34.7 Å². The van der Waals surface area contributed by atoms with Crippen LogP contribution in [-0.4, -0.2) is 26.4 Å². The summed E-state index contributed by atoms with van der Waals surface area (Å²) in [6.07, 6.45) is 0. The molecule has 0 aliphatic rings. The van der Waals surface area contributed by atoms with Gasteiger partial charge >= 0.3 is 0 Å². The molecule has 0 aliphatic heterocycles. The fraction of sp³-hybridized carbons (Fsp3) is 0.316. The standard InChI is InChI=1S/C19H21ClN4OS2/c1-12(2)16-8-14(10-26-16)18-22-23-19(24(18)3)27-11-17(25)21-9-13-4-6-15(20)7-5-13/h4-8,10,12H,9,11H2,1-3H3,(H,21,25). The summed E-state index contributed by atoms with van der Waals surface area (Å²) in [6, 6.07) is 9.59. The van der Waals surface area contributed by atoms with Crippen molar-refractivity contribution in [3.8, 4) is 11.4 Å². The molecule has 1 amide bonds. The van der Waals surface area contributed by atoms with Crippen molar-refractivity contribution in [1.29, 1.82) is 0 Å². The van der Waals surface area contributed by atoms with E-state index in [0.717, 1.165) is 22.1 Å². The zero-order chi connectivity index (χ0) is 19.4. The minimum atomic E-state index is -0.0443. The number of thiophene rings is 1. The minimum absolute atomic E-state index is 0.0443. The Morgan fingerprint density at radius 2 is 2.04 bits per heavy atom. The molecule has 0 spiro atoms. The lowest BCUT2D eigenvalue weighted by atomic mass is 10.1. The molecule has 3 rings (SSSR count). The maximum absolute atomic E-state index is 12.1. The third-order valence-corrected chi connectivity index (χ3v) is 6.52. The summed E-state index contributed by atoms with van der Waals surface area (Å²) in [5, 5.41) is 14.9. The van der Waals surface area contributed by atoms with E-state index in [1.54, 1.807) is 11.3 Å². The number of hydrogen-bond acceptors (Lipinski definition) is 5. The number of nitrogens with zero attached hydrogens (tertiary/aromatic N) is 3. The highest BCUT2D eigenvalue weighted by atomic mass is 35.5. The van der Waals surface area contributed by atoms with E-state index in [1.165, 1.54) is 16.6 Å². The van der Waals surface area contributed by atoms with E-state index in [1.807, 2.05) is 35.9 Å². The lowest BCUT2D eigenvalue weighted by molar-refractivity contribution is -0.118. The van der Waals surface area contributed by atoms with E-state index >= 15 is 0 Å². The van der Waals surface area contributed by atoms with Crippen molar-refractivity contribution in [2.75, 3.05) is 5.75 Å². The quantitative estimate of drug-likeness (QED) is 0.561. The summed E-state index contributed by atoms with van der Waals surface area (Å²) >= 11 is 8.98. The van der Waals surface area contributed by atoms with Crippen LogP contribution in [0.5, 0.6) is 0 Å². The Labute approximate surface area is 172 Å². The molecule has 0 unspecified atom stereocenters. The van der Waals surface area contributed by atoms with E-state index < -0.39 is 0 Å². The number of thioether (sulfide) groups is 1. The van der Waals surface area contributed by atoms with Crippen LogP contribution in [0.3, 0.4) is 0 Å². The third kappa shape index (κ3) is 5.12. The van der Waals surface area contributed by atoms with Gasteiger partial charge in [-0.25, -0.2) is 0 Å². The topological polar surface area (TPSA) is 59.8 Å². The summed E-state index contributed by atoms with van der Waals surface area (Å²) in [5.41, 5.74) is 2.08. The molecule has 27 heavy (non-hydrogen) atoms. The van der Waals surface area contributed by atoms with Crippen LogP contribution < -0.4 is 5.32 Å². The molecular weight excluding hydrogens is 400 g/mol. The maximum Gasteiger partial charge on any atom is 0.230 e. The lowest BCUT2D eigenvalue weighted by Gasteiger charge is -2.06. The lowest BCUT2D eigenvalue weighted by Crippen LogP contribution is -2.24. The number of halogens is 1. The highest BCUT2D eigenvalue weighted by Crippen LogP contribution is 2.30. The Kier molecular flexibility index (Phi) is 6.57. The highest BCUT2D eigenvalue weighted by molar-refractivity contribution is 7.99. The molecule has 3 aromatic rings. The van der Waals surface area contributed by atoms with E-state index in [2.05, 4.69) is 40.8 Å². The zero-order valence-corrected chi connectivity index (χ0v) is 17.8. The number of aromatic nitrogens is 3. The molecule has 0 fully saturated rings. The molecule has 0 radical (unpaired) electrons. The molecular formula is C19H21ClN4OS2. The molecule has 0 saturated heterocycles. The maximum atomic E-state index is 12.1. The number of carbonyl (C=O) groups excluding carboxylic acids is 1. The van der Waals surface area contributed by atoms with Gasteiger partial charge in [0.15, 0.2) is 11.0 Å². The summed E-state index contributed by atoms with van der Waals surface area (Å²) in [6.45, 7) is 4.83. The van der Waals surface area contributed by atoms with Gasteiger partial charge in [-0.15, -0.1) is 21.5 Å². The van der Waals surface area contributed by atoms with Gasteiger partial charge in [0.05, 0.1) is 5.75 Å². The molecule has 0 atom stereocenters. The Bertz CT molecular complexity index is 918. The van der Waals surface area contributed by atoms with Crippen molar-refractivity contribution >= 4 is 40.6 Å². The van der Waals surface area contributed by atoms with Gasteiger partial charge in [-0.2, -0.15) is 0 Å². The van der Waals surface area contributed by atoms with Gasteiger partial charge in [0, 0.05) is 34.4 Å². The predicted molar refractivity (Wildman–Crippen MR) is 112 cm³/mol. The van der Waals surface area contributed by atoms with Crippen LogP contribution in [0, 0.1) is 0 Å². The van der Waals surface area contributed by atoms with Crippen molar-refractivity contribution in [2.24, 2.45) is 7.05 Å². The predicted octanol–water partition coefficient (Wildman–Crippen LogP) is 4.73. The second kappa shape index (κ2) is 8.91. The number of carbonyl (C=O) groups is 1. The second-order valence-corrected chi connectivity index (χ2v) is 8.77. The Hall–Kier alpha value is -1.83. The highest BCUT2D eigenvalue weighted by Gasteiger charge is 2.15. The monoisotopic (exact) mass is 420 g/mol. The van der Waals surface area contributed by atoms with Gasteiger partial charge in [0.25, 0.3) is 0 Å². The van der Waals surface area contributed by atoms with Crippen molar-refractivity contribution in [1.82, 2.24) is 20.1 Å². The van der Waals surface area contributed by atoms with Crippen LogP contribution in [0.2, 0.25) is 5.02 Å². The Morgan fingerprint density at radius 1 is 1.30 bits per heavy atom. The molecule has 142 valence electrons. The van der Waals surface area contributed by atoms with E-state index in [9.17, 15) is 4.79 Å². The van der Waals surface area contributed by atoms with Gasteiger partial charge in [-0.05, 0) is 29.7 Å². The van der Waals surface area contributed by atoms with Gasteiger partial charge in [-0.3, -0.25) is 4.79 Å². The largest absolute Gasteiger partial charge is 0.351 e. The SMILES string of the molecule is CC(C)c1cc(-c2nnc(SCC(=O)NCc3ccc(Cl)cc3)n2C)cs1. The summed E-state index contributed by atoms with van der Waals surface area (Å²) in [4.78, 5) is 13.4. The normalized spacial score (nSPS) is 11.1. The average Bonchev–Trinajstić information content (AvgIpc) is 3.26. The van der Waals surface area contributed by atoms with Crippen LogP contribution in [-0.2, 0) is 18.4 Å². The van der Waals surface area contributed by atoms with Crippen molar-refractivity contribution < 1.29 is 4.79 Å². The molecule has 2 aromatic heterocycles. The summed E-state index contributed by atoms with van der Waals surface area (Å²) < 4.78 is 1.93. The van der Waals surface area contributed by atoms with Crippen LogP contribution in [0.15, 0.2) is 40.9 Å². The number of rotatable bonds is 7. The number of amides is 1. The Morgan fingerprint density at radius 3 is 2.70 bits per heavy atom. The molecule has 0 bridgehead atoms. The zero-order valence-electron chi connectivity index (χ0n) is 15.4. The Balaban J connectivity index is 1.55. The van der Waals surface area contributed by atoms with Crippen LogP contribution in [0.1, 0.15) is 30.2 Å². The van der Waals surface area contributed by atoms with E-state index in [4.69, 9.17) is 11.6 Å². The minimum Gasteiger partial charge on any atom is -0.351 e. The molecule has 0 saturated carbocycles. The van der Waals surface area contributed by atoms with Crippen molar-refractivity contribution in [3.05, 3.63) is 51.2 Å². The first kappa shape index (κ1) is 19.9. The average molecular weight is 421 g/mol. The molecule has 0 aliphatic carbocycles. The second-order valence-electron chi connectivity index (χ2n) is 6.45. The third-order valence-electron chi connectivity index (χ3n) is 4.02. The first-order valence-corrected chi connectivity index (χ1v) is 10.8. The smallest absolute Gasteiger partial charge is 0.230 e. The van der Waals surface area contributed by atoms with Gasteiger partial charge < -0.3 is 9.88 Å². The van der Waals surface area contributed by atoms with Crippen LogP contribution in [0.4, 0.5) is 0 Å². The fourth-order valence-corrected chi connectivity index (χ4v) is 4.22. The van der Waals surface area contributed by atoms with Gasteiger partial charge in [0.1, 0.15) is 0 Å². The molecule has 1 N–H and O–H groups in total. The first-order valence-electron chi connectivity index (χ1n) is 8.56. The van der Waals surface area contributed by atoms with Crippen molar-refractivity contribution in [3.63, 3.8) is 0 Å². The molecule has 5 nitrogen and oxygen atoms in total. The first-order chi connectivity index (χ1) is 12.9. The van der Waals surface area contributed by atoms with E-state index in [-0.39, 0.29) is 5.91 Å². The van der Waals surface area contributed by atoms with Crippen LogP contribution in [0.25, 0.3) is 11.4 Å². The molecule has 2 heterocycles. The van der Waals surface area contributed by atoms with Crippen molar-refractivity contribution in [2.45, 2.75) is 31.5 Å². The molecule has 8 heteroatoms. The van der Waals surface area contributed by atoms with Gasteiger partial charge in [0.2, 0.25) is 5.91 Å². The van der Waals surface area contributed by atoms with Gasteiger partial charge in [-0.1, -0.05) is 49.3 Å². The summed E-state index contributed by atoms with van der Waals surface area (Å²) in [7, 11) is 1.93. The molecule has 1 aromatic carbocycles. The number of nitrogens with one attached hydrogen (secondary N) is 1. The number of hydrogen-bond donors (Lipinski definition) is 1.